The second kappa shape index (κ2) is 8.33. The molecule has 0 unspecified atom stereocenters. The van der Waals surface area contributed by atoms with Gasteiger partial charge < -0.3 is 19.7 Å². The molecule has 1 aromatic rings. The van der Waals surface area contributed by atoms with Crippen LogP contribution in [0.4, 0.5) is 0 Å². The normalized spacial score (nSPS) is 10.7. The molecular formula is C17H24N2O5. The Hall–Kier alpha value is -2.57. The third-order valence-electron chi connectivity index (χ3n) is 2.97. The number of hydrogen-bond acceptors (Lipinski definition) is 5. The van der Waals surface area contributed by atoms with Gasteiger partial charge in [-0.15, -0.1) is 0 Å². The van der Waals surface area contributed by atoms with Crippen LogP contribution in [0, 0.1) is 0 Å². The van der Waals surface area contributed by atoms with Crippen LogP contribution in [0.3, 0.4) is 0 Å². The summed E-state index contributed by atoms with van der Waals surface area (Å²) in [6.45, 7) is 4.99. The Balaban J connectivity index is 2.53. The van der Waals surface area contributed by atoms with Crippen LogP contribution < -0.4 is 10.1 Å². The van der Waals surface area contributed by atoms with Gasteiger partial charge in [0.05, 0.1) is 13.7 Å². The zero-order valence-corrected chi connectivity index (χ0v) is 14.7. The fourth-order valence-corrected chi connectivity index (χ4v) is 1.89. The molecule has 0 fully saturated rings. The molecule has 2 amide bonds. The van der Waals surface area contributed by atoms with Crippen LogP contribution in [0.2, 0.25) is 0 Å². The minimum atomic E-state index is -0.659. The number of amides is 2. The van der Waals surface area contributed by atoms with E-state index in [1.54, 1.807) is 24.3 Å². The first kappa shape index (κ1) is 19.5. The molecule has 1 N–H and O–H groups in total. The largest absolute Gasteiger partial charge is 0.496 e. The molecule has 1 rings (SSSR count). The number of carbonyl (C=O) groups excluding carboxylic acids is 3. The number of benzene rings is 1. The molecule has 0 saturated carbocycles. The number of hydrogen-bond donors (Lipinski definition) is 1. The van der Waals surface area contributed by atoms with Crippen molar-refractivity contribution in [2.45, 2.75) is 26.3 Å². The number of likely N-dealkylation sites (N-methyl/N-ethyl adjacent to an activating group) is 1. The lowest BCUT2D eigenvalue weighted by Gasteiger charge is -2.23. The Bertz CT molecular complexity index is 607. The fraction of sp³-hybridized carbons (Fsp3) is 0.471. The predicted molar refractivity (Wildman–Crippen MR) is 88.8 cm³/mol. The van der Waals surface area contributed by atoms with E-state index in [1.165, 1.54) is 19.1 Å². The third kappa shape index (κ3) is 6.28. The summed E-state index contributed by atoms with van der Waals surface area (Å²) in [7, 11) is 2.92. The predicted octanol–water partition coefficient (Wildman–Crippen LogP) is 1.23. The van der Waals surface area contributed by atoms with E-state index in [0.717, 1.165) is 0 Å². The molecule has 0 bridgehead atoms. The van der Waals surface area contributed by atoms with E-state index in [1.807, 2.05) is 20.8 Å². The number of methoxy groups -OCH3 is 1. The molecule has 0 aliphatic rings. The minimum absolute atomic E-state index is 0.109. The number of nitrogens with zero attached hydrogens (tertiary/aromatic N) is 1. The second-order valence-corrected chi connectivity index (χ2v) is 6.32. The fourth-order valence-electron chi connectivity index (χ4n) is 1.89. The monoisotopic (exact) mass is 336 g/mol. The summed E-state index contributed by atoms with van der Waals surface area (Å²) >= 11 is 0. The number of carbonyl (C=O) groups is 3. The number of esters is 1. The van der Waals surface area contributed by atoms with Crippen LogP contribution in [0.25, 0.3) is 0 Å². The van der Waals surface area contributed by atoms with E-state index in [4.69, 9.17) is 9.47 Å². The van der Waals surface area contributed by atoms with Crippen LogP contribution in [0.1, 0.15) is 31.1 Å². The van der Waals surface area contributed by atoms with E-state index < -0.39 is 18.5 Å². The summed E-state index contributed by atoms with van der Waals surface area (Å²) in [6, 6.07) is 6.57. The van der Waals surface area contributed by atoms with Gasteiger partial charge in [-0.1, -0.05) is 12.1 Å². The van der Waals surface area contributed by atoms with Crippen molar-refractivity contribution in [1.29, 1.82) is 0 Å². The zero-order chi connectivity index (χ0) is 18.3. The molecule has 0 aliphatic carbocycles. The van der Waals surface area contributed by atoms with E-state index >= 15 is 0 Å². The number of rotatable bonds is 6. The number of para-hydroxylation sites is 1. The lowest BCUT2D eigenvalue weighted by atomic mass is 10.1. The van der Waals surface area contributed by atoms with Crippen LogP contribution >= 0.6 is 0 Å². The summed E-state index contributed by atoms with van der Waals surface area (Å²) in [6.07, 6.45) is 0. The average molecular weight is 336 g/mol. The first-order valence-electron chi connectivity index (χ1n) is 7.49. The summed E-state index contributed by atoms with van der Waals surface area (Å²) in [5.74, 6) is -1.04. The van der Waals surface area contributed by atoms with E-state index in [2.05, 4.69) is 5.32 Å². The molecule has 0 heterocycles. The van der Waals surface area contributed by atoms with Gasteiger partial charge in [-0.25, -0.2) is 4.79 Å². The van der Waals surface area contributed by atoms with E-state index in [-0.39, 0.29) is 23.6 Å². The quantitative estimate of drug-likeness (QED) is 0.790. The molecule has 0 aliphatic heterocycles. The first-order chi connectivity index (χ1) is 11.1. The van der Waals surface area contributed by atoms with Crippen molar-refractivity contribution >= 4 is 17.8 Å². The van der Waals surface area contributed by atoms with Gasteiger partial charge in [0.15, 0.2) is 6.61 Å². The Morgan fingerprint density at radius 2 is 1.79 bits per heavy atom. The molecule has 132 valence electrons. The van der Waals surface area contributed by atoms with Crippen molar-refractivity contribution in [2.24, 2.45) is 0 Å². The van der Waals surface area contributed by atoms with Gasteiger partial charge in [0.2, 0.25) is 5.91 Å². The van der Waals surface area contributed by atoms with Crippen LogP contribution in [-0.2, 0) is 14.3 Å². The van der Waals surface area contributed by atoms with Crippen molar-refractivity contribution in [1.82, 2.24) is 10.2 Å². The topological polar surface area (TPSA) is 84.9 Å². The highest BCUT2D eigenvalue weighted by Crippen LogP contribution is 2.18. The van der Waals surface area contributed by atoms with Crippen molar-refractivity contribution < 1.29 is 23.9 Å². The van der Waals surface area contributed by atoms with E-state index in [9.17, 15) is 14.4 Å². The molecule has 0 atom stereocenters. The highest BCUT2D eigenvalue weighted by atomic mass is 16.5. The average Bonchev–Trinajstić information content (AvgIpc) is 2.50. The van der Waals surface area contributed by atoms with Crippen molar-refractivity contribution in [3.63, 3.8) is 0 Å². The lowest BCUT2D eigenvalue weighted by Crippen LogP contribution is -2.46. The maximum Gasteiger partial charge on any atom is 0.342 e. The molecule has 7 heteroatoms. The third-order valence-corrected chi connectivity index (χ3v) is 2.97. The summed E-state index contributed by atoms with van der Waals surface area (Å²) in [5.41, 5.74) is -0.141. The van der Waals surface area contributed by atoms with Crippen LogP contribution in [0.5, 0.6) is 5.75 Å². The minimum Gasteiger partial charge on any atom is -0.496 e. The number of nitrogens with one attached hydrogen (secondary N) is 1. The summed E-state index contributed by atoms with van der Waals surface area (Å²) in [4.78, 5) is 37.0. The zero-order valence-electron chi connectivity index (χ0n) is 14.7. The van der Waals surface area contributed by atoms with Gasteiger partial charge in [0.25, 0.3) is 5.91 Å². The van der Waals surface area contributed by atoms with Crippen LogP contribution in [-0.4, -0.2) is 55.5 Å². The Morgan fingerprint density at radius 3 is 2.38 bits per heavy atom. The molecule has 0 aromatic heterocycles. The van der Waals surface area contributed by atoms with Crippen molar-refractivity contribution in [2.75, 3.05) is 27.3 Å². The standard InChI is InChI=1S/C17H24N2O5/c1-17(2,3)18-14(20)10-19(4)15(21)11-24-16(22)12-8-6-7-9-13(12)23-5/h6-9H,10-11H2,1-5H3,(H,18,20). The Morgan fingerprint density at radius 1 is 1.17 bits per heavy atom. The maximum absolute atomic E-state index is 12.0. The van der Waals surface area contributed by atoms with Gasteiger partial charge in [0.1, 0.15) is 11.3 Å². The summed E-state index contributed by atoms with van der Waals surface area (Å²) < 4.78 is 10.1. The molecule has 0 saturated heterocycles. The molecule has 1 aromatic carbocycles. The maximum atomic E-state index is 12.0. The molecular weight excluding hydrogens is 312 g/mol. The smallest absolute Gasteiger partial charge is 0.342 e. The Labute approximate surface area is 141 Å². The Kier molecular flexibility index (Phi) is 6.76. The molecule has 7 nitrogen and oxygen atoms in total. The van der Waals surface area contributed by atoms with Crippen LogP contribution in [0.15, 0.2) is 24.3 Å². The van der Waals surface area contributed by atoms with E-state index in [0.29, 0.717) is 5.75 Å². The van der Waals surface area contributed by atoms with Crippen molar-refractivity contribution in [3.8, 4) is 5.75 Å². The van der Waals surface area contributed by atoms with Gasteiger partial charge >= 0.3 is 5.97 Å². The second-order valence-electron chi connectivity index (χ2n) is 6.32. The van der Waals surface area contributed by atoms with Crippen molar-refractivity contribution in [3.05, 3.63) is 29.8 Å². The first-order valence-corrected chi connectivity index (χ1v) is 7.49. The van der Waals surface area contributed by atoms with Gasteiger partial charge in [-0.3, -0.25) is 9.59 Å². The molecule has 0 spiro atoms. The molecule has 24 heavy (non-hydrogen) atoms. The number of ether oxygens (including phenoxy) is 2. The van der Waals surface area contributed by atoms with Gasteiger partial charge in [0, 0.05) is 12.6 Å². The highest BCUT2D eigenvalue weighted by molar-refractivity contribution is 5.94. The van der Waals surface area contributed by atoms with Gasteiger partial charge in [-0.05, 0) is 32.9 Å². The van der Waals surface area contributed by atoms with Gasteiger partial charge in [-0.2, -0.15) is 0 Å². The summed E-state index contributed by atoms with van der Waals surface area (Å²) in [5, 5.41) is 2.75. The highest BCUT2D eigenvalue weighted by Gasteiger charge is 2.20. The molecule has 0 radical (unpaired) electrons. The lowest BCUT2D eigenvalue weighted by molar-refractivity contribution is -0.137. The SMILES string of the molecule is COc1ccccc1C(=O)OCC(=O)N(C)CC(=O)NC(C)(C)C.